The summed E-state index contributed by atoms with van der Waals surface area (Å²) in [4.78, 5) is 20.2. The number of carboxylic acids is 2. The van der Waals surface area contributed by atoms with E-state index in [1.165, 1.54) is 6.08 Å². The van der Waals surface area contributed by atoms with E-state index in [0.717, 1.165) is 0 Å². The van der Waals surface area contributed by atoms with Crippen LogP contribution in [0.5, 0.6) is 0 Å². The number of carboxylic acid groups (broad SMARTS) is 2. The van der Waals surface area contributed by atoms with Crippen molar-refractivity contribution in [1.29, 1.82) is 0 Å². The Morgan fingerprint density at radius 3 is 1.82 bits per heavy atom. The zero-order chi connectivity index (χ0) is 8.15. The van der Waals surface area contributed by atoms with E-state index in [1.54, 1.807) is 0 Å². The van der Waals surface area contributed by atoms with Gasteiger partial charge in [0.05, 0.1) is 0 Å². The first-order valence-corrected chi connectivity index (χ1v) is 2.66. The number of carbonyl (C=O) groups is 2. The van der Waals surface area contributed by atoms with Gasteiger partial charge < -0.3 is 10.2 Å². The number of aliphatic carboxylic acids is 2. The predicted octanol–water partition coefficient (Wildman–Crippen LogP) is 0.345. The maximum atomic E-state index is 10.1. The molecular weight excluding hydrogens is 195 g/mol. The molecule has 4 nitrogen and oxygen atoms in total. The Kier molecular flexibility index (Phi) is 6.90. The van der Waals surface area contributed by atoms with E-state index in [9.17, 15) is 9.59 Å². The van der Waals surface area contributed by atoms with E-state index in [2.05, 4.69) is 6.58 Å². The third-order valence-electron chi connectivity index (χ3n) is 0.999. The number of hydrogen-bond acceptors (Lipinski definition) is 2. The molecule has 2 N–H and O–H groups in total. The molecule has 0 aliphatic carbocycles. The minimum atomic E-state index is -1.35. The zero-order valence-electron chi connectivity index (χ0n) is 5.60. The predicted molar refractivity (Wildman–Crippen MR) is 33.6 cm³/mol. The van der Waals surface area contributed by atoms with Crippen molar-refractivity contribution < 1.29 is 36.3 Å². The van der Waals surface area contributed by atoms with E-state index < -0.39 is 17.9 Å². The minimum Gasteiger partial charge on any atom is -0.481 e. The molecule has 0 rings (SSSR count). The largest absolute Gasteiger partial charge is 0.481 e. The van der Waals surface area contributed by atoms with Crippen molar-refractivity contribution in [2.24, 2.45) is 5.92 Å². The third kappa shape index (κ3) is 4.56. The van der Waals surface area contributed by atoms with Crippen LogP contribution in [0.2, 0.25) is 0 Å². The molecule has 0 aromatic heterocycles. The molecule has 0 spiro atoms. The van der Waals surface area contributed by atoms with Gasteiger partial charge >= 0.3 is 11.9 Å². The van der Waals surface area contributed by atoms with Crippen LogP contribution in [0.25, 0.3) is 0 Å². The summed E-state index contributed by atoms with van der Waals surface area (Å²) in [5.41, 5.74) is 0. The molecule has 0 fully saturated rings. The maximum absolute atomic E-state index is 10.1. The van der Waals surface area contributed by atoms with Gasteiger partial charge in [0.25, 0.3) is 0 Å². The van der Waals surface area contributed by atoms with Crippen LogP contribution in [0.1, 0.15) is 6.42 Å². The van der Waals surface area contributed by atoms with Crippen LogP contribution in [0.4, 0.5) is 0 Å². The Balaban J connectivity index is 0. The van der Waals surface area contributed by atoms with E-state index >= 15 is 0 Å². The van der Waals surface area contributed by atoms with Gasteiger partial charge in [-0.1, -0.05) is 6.08 Å². The SMILES string of the molecule is C=CCC(C(=O)O)C(=O)O.[Ni]. The van der Waals surface area contributed by atoms with Crippen molar-refractivity contribution in [3.8, 4) is 0 Å². The maximum Gasteiger partial charge on any atom is 0.318 e. The summed E-state index contributed by atoms with van der Waals surface area (Å²) in [6, 6.07) is 0. The van der Waals surface area contributed by atoms with Crippen LogP contribution in [0, 0.1) is 5.92 Å². The summed E-state index contributed by atoms with van der Waals surface area (Å²) in [6.45, 7) is 3.24. The van der Waals surface area contributed by atoms with Crippen molar-refractivity contribution in [3.05, 3.63) is 12.7 Å². The van der Waals surface area contributed by atoms with Crippen LogP contribution in [-0.2, 0) is 26.1 Å². The molecule has 66 valence electrons. The van der Waals surface area contributed by atoms with E-state index in [0.29, 0.717) is 0 Å². The second-order valence-electron chi connectivity index (χ2n) is 1.75. The fourth-order valence-electron chi connectivity index (χ4n) is 0.474. The molecule has 0 atom stereocenters. The van der Waals surface area contributed by atoms with Crippen LogP contribution >= 0.6 is 0 Å². The first-order chi connectivity index (χ1) is 4.59. The second-order valence-corrected chi connectivity index (χ2v) is 1.75. The van der Waals surface area contributed by atoms with Crippen LogP contribution < -0.4 is 0 Å². The number of rotatable bonds is 4. The van der Waals surface area contributed by atoms with Gasteiger partial charge in [0.15, 0.2) is 5.92 Å². The van der Waals surface area contributed by atoms with Crippen molar-refractivity contribution in [1.82, 2.24) is 0 Å². The Morgan fingerprint density at radius 2 is 1.73 bits per heavy atom. The van der Waals surface area contributed by atoms with Gasteiger partial charge in [0.2, 0.25) is 0 Å². The molecular formula is C6H8NiO4. The average molecular weight is 203 g/mol. The summed E-state index contributed by atoms with van der Waals surface area (Å²) in [5.74, 6) is -4.00. The number of allylic oxidation sites excluding steroid dienone is 1. The van der Waals surface area contributed by atoms with Crippen molar-refractivity contribution in [2.45, 2.75) is 6.42 Å². The molecule has 0 saturated heterocycles. The first kappa shape index (κ1) is 12.8. The van der Waals surface area contributed by atoms with E-state index in [1.807, 2.05) is 0 Å². The molecule has 0 heterocycles. The van der Waals surface area contributed by atoms with Gasteiger partial charge in [-0.2, -0.15) is 0 Å². The topological polar surface area (TPSA) is 74.6 Å². The van der Waals surface area contributed by atoms with Gasteiger partial charge in [-0.25, -0.2) is 0 Å². The summed E-state index contributed by atoms with van der Waals surface area (Å²) < 4.78 is 0. The van der Waals surface area contributed by atoms with Crippen molar-refractivity contribution >= 4 is 11.9 Å². The quantitative estimate of drug-likeness (QED) is 0.392. The van der Waals surface area contributed by atoms with Gasteiger partial charge in [0, 0.05) is 16.5 Å². The molecule has 0 aromatic rings. The molecule has 5 heteroatoms. The van der Waals surface area contributed by atoms with E-state index in [4.69, 9.17) is 10.2 Å². The summed E-state index contributed by atoms with van der Waals surface area (Å²) >= 11 is 0. The molecule has 0 aliphatic heterocycles. The Morgan fingerprint density at radius 1 is 1.36 bits per heavy atom. The van der Waals surface area contributed by atoms with Crippen LogP contribution in [0.3, 0.4) is 0 Å². The number of hydrogen-bond donors (Lipinski definition) is 2. The molecule has 0 bridgehead atoms. The fourth-order valence-corrected chi connectivity index (χ4v) is 0.474. The molecule has 0 radical (unpaired) electrons. The first-order valence-electron chi connectivity index (χ1n) is 2.66. The fraction of sp³-hybridized carbons (Fsp3) is 0.333. The Hall–Kier alpha value is -0.826. The standard InChI is InChI=1S/C6H8O4.Ni/c1-2-3-4(5(7)8)6(9)10;/h2,4H,1,3H2,(H,7,8)(H,9,10);. The monoisotopic (exact) mass is 202 g/mol. The molecule has 11 heavy (non-hydrogen) atoms. The van der Waals surface area contributed by atoms with Crippen molar-refractivity contribution in [2.75, 3.05) is 0 Å². The smallest absolute Gasteiger partial charge is 0.318 e. The van der Waals surface area contributed by atoms with Gasteiger partial charge in [-0.3, -0.25) is 9.59 Å². The Bertz CT molecular complexity index is 152. The minimum absolute atomic E-state index is 0. The molecule has 0 aromatic carbocycles. The summed E-state index contributed by atoms with van der Waals surface area (Å²) in [7, 11) is 0. The van der Waals surface area contributed by atoms with Gasteiger partial charge in [-0.05, 0) is 6.42 Å². The second kappa shape index (κ2) is 5.92. The van der Waals surface area contributed by atoms with Crippen LogP contribution in [-0.4, -0.2) is 22.2 Å². The molecule has 0 amide bonds. The van der Waals surface area contributed by atoms with Crippen molar-refractivity contribution in [3.63, 3.8) is 0 Å². The summed E-state index contributed by atoms with van der Waals surface area (Å²) in [5, 5.41) is 16.5. The zero-order valence-corrected chi connectivity index (χ0v) is 6.58. The average Bonchev–Trinajstić information content (AvgIpc) is 1.81. The third-order valence-corrected chi connectivity index (χ3v) is 0.999. The summed E-state index contributed by atoms with van der Waals surface area (Å²) in [6.07, 6.45) is 1.23. The van der Waals surface area contributed by atoms with Gasteiger partial charge in [-0.15, -0.1) is 6.58 Å². The Labute approximate surface area is 73.8 Å². The van der Waals surface area contributed by atoms with Gasteiger partial charge in [0.1, 0.15) is 0 Å². The normalized spacial score (nSPS) is 8.45. The molecule has 0 saturated carbocycles. The molecule has 0 unspecified atom stereocenters. The van der Waals surface area contributed by atoms with Crippen LogP contribution in [0.15, 0.2) is 12.7 Å². The van der Waals surface area contributed by atoms with E-state index in [-0.39, 0.29) is 22.9 Å². The molecule has 0 aliphatic rings.